The summed E-state index contributed by atoms with van der Waals surface area (Å²) >= 11 is 0. The first-order chi connectivity index (χ1) is 13.5. The molecule has 0 aliphatic carbocycles. The van der Waals surface area contributed by atoms with E-state index in [9.17, 15) is 8.42 Å². The first-order valence-electron chi connectivity index (χ1n) is 9.51. The molecular formula is C19H25N5O3S. The highest BCUT2D eigenvalue weighted by Gasteiger charge is 2.29. The molecule has 2 saturated heterocycles. The summed E-state index contributed by atoms with van der Waals surface area (Å²) in [5, 5.41) is 8.40. The molecule has 2 aliphatic rings. The van der Waals surface area contributed by atoms with Crippen molar-refractivity contribution in [3.63, 3.8) is 0 Å². The third-order valence-corrected chi connectivity index (χ3v) is 7.14. The molecule has 0 spiro atoms. The first kappa shape index (κ1) is 19.1. The van der Waals surface area contributed by atoms with Crippen molar-refractivity contribution in [2.75, 3.05) is 62.3 Å². The van der Waals surface area contributed by atoms with Crippen LogP contribution < -0.4 is 9.80 Å². The molecule has 2 aliphatic heterocycles. The third-order valence-electron chi connectivity index (χ3n) is 5.22. The molecule has 0 N–H and O–H groups in total. The predicted octanol–water partition coefficient (Wildman–Crippen LogP) is 1.13. The van der Waals surface area contributed by atoms with E-state index in [0.717, 1.165) is 30.2 Å². The Morgan fingerprint density at radius 3 is 2.29 bits per heavy atom. The van der Waals surface area contributed by atoms with Crippen LogP contribution in [-0.2, 0) is 14.8 Å². The molecule has 150 valence electrons. The highest BCUT2D eigenvalue weighted by Crippen LogP contribution is 2.23. The Kier molecular flexibility index (Phi) is 5.47. The number of benzene rings is 1. The number of hydrogen-bond donors (Lipinski definition) is 0. The van der Waals surface area contributed by atoms with Crippen molar-refractivity contribution >= 4 is 21.5 Å². The number of aryl methyl sites for hydroxylation is 1. The van der Waals surface area contributed by atoms with Crippen LogP contribution in [0.1, 0.15) is 5.56 Å². The number of hydrogen-bond acceptors (Lipinski definition) is 7. The second-order valence-corrected chi connectivity index (χ2v) is 9.01. The fraction of sp³-hybridized carbons (Fsp3) is 0.474. The van der Waals surface area contributed by atoms with E-state index < -0.39 is 10.0 Å². The van der Waals surface area contributed by atoms with Gasteiger partial charge in [0, 0.05) is 45.3 Å². The van der Waals surface area contributed by atoms with Gasteiger partial charge < -0.3 is 14.5 Å². The Hall–Kier alpha value is -2.23. The molecule has 3 heterocycles. The molecular weight excluding hydrogens is 378 g/mol. The van der Waals surface area contributed by atoms with E-state index in [1.165, 1.54) is 0 Å². The second-order valence-electron chi connectivity index (χ2n) is 7.08. The SMILES string of the molecule is Cc1ccc(S(=O)(=O)N2CCN(c3cnnc(N4CCOCC4)c3)CC2)cc1. The Labute approximate surface area is 165 Å². The molecule has 8 nitrogen and oxygen atoms in total. The van der Waals surface area contributed by atoms with Crippen LogP contribution in [0.15, 0.2) is 41.4 Å². The lowest BCUT2D eigenvalue weighted by Gasteiger charge is -2.35. The zero-order valence-electron chi connectivity index (χ0n) is 16.0. The van der Waals surface area contributed by atoms with E-state index in [1.54, 1.807) is 22.6 Å². The summed E-state index contributed by atoms with van der Waals surface area (Å²) in [5.74, 6) is 0.843. The van der Waals surface area contributed by atoms with Crippen molar-refractivity contribution in [2.45, 2.75) is 11.8 Å². The Balaban J connectivity index is 1.43. The van der Waals surface area contributed by atoms with Gasteiger partial charge in [-0.25, -0.2) is 8.42 Å². The lowest BCUT2D eigenvalue weighted by molar-refractivity contribution is 0.122. The summed E-state index contributed by atoms with van der Waals surface area (Å²) in [7, 11) is -3.45. The lowest BCUT2D eigenvalue weighted by Crippen LogP contribution is -2.48. The predicted molar refractivity (Wildman–Crippen MR) is 107 cm³/mol. The summed E-state index contributed by atoms with van der Waals surface area (Å²) in [6.45, 7) is 7.10. The van der Waals surface area contributed by atoms with Crippen LogP contribution in [0, 0.1) is 6.92 Å². The van der Waals surface area contributed by atoms with Gasteiger partial charge in [-0.05, 0) is 19.1 Å². The van der Waals surface area contributed by atoms with Crippen LogP contribution in [-0.4, -0.2) is 75.4 Å². The molecule has 9 heteroatoms. The molecule has 0 bridgehead atoms. The van der Waals surface area contributed by atoms with Crippen molar-refractivity contribution < 1.29 is 13.2 Å². The molecule has 0 saturated carbocycles. The molecule has 4 rings (SSSR count). The number of nitrogens with zero attached hydrogens (tertiary/aromatic N) is 5. The smallest absolute Gasteiger partial charge is 0.243 e. The van der Waals surface area contributed by atoms with E-state index in [1.807, 2.05) is 25.1 Å². The minimum absolute atomic E-state index is 0.353. The number of aromatic nitrogens is 2. The summed E-state index contributed by atoms with van der Waals surface area (Å²) < 4.78 is 32.7. The lowest BCUT2D eigenvalue weighted by atomic mass is 10.2. The number of morpholine rings is 1. The topological polar surface area (TPSA) is 78.9 Å². The maximum atomic E-state index is 12.9. The highest BCUT2D eigenvalue weighted by molar-refractivity contribution is 7.89. The van der Waals surface area contributed by atoms with Crippen LogP contribution in [0.4, 0.5) is 11.5 Å². The van der Waals surface area contributed by atoms with E-state index in [-0.39, 0.29) is 0 Å². The third kappa shape index (κ3) is 3.96. The standard InChI is InChI=1S/C19H25N5O3S/c1-16-2-4-18(5-3-16)28(25,26)24-8-6-22(7-9-24)17-14-19(21-20-15-17)23-10-12-27-13-11-23/h2-5,14-15H,6-13H2,1H3. The Morgan fingerprint density at radius 2 is 1.61 bits per heavy atom. The molecule has 0 atom stereocenters. The van der Waals surface area contributed by atoms with Gasteiger partial charge in [-0.15, -0.1) is 5.10 Å². The zero-order valence-corrected chi connectivity index (χ0v) is 16.8. The molecule has 0 unspecified atom stereocenters. The van der Waals surface area contributed by atoms with Gasteiger partial charge in [-0.2, -0.15) is 9.40 Å². The number of ether oxygens (including phenoxy) is 1. The second kappa shape index (κ2) is 8.02. The van der Waals surface area contributed by atoms with Crippen LogP contribution in [0.2, 0.25) is 0 Å². The minimum Gasteiger partial charge on any atom is -0.378 e. The van der Waals surface area contributed by atoms with Gasteiger partial charge >= 0.3 is 0 Å². The fourth-order valence-corrected chi connectivity index (χ4v) is 4.93. The summed E-state index contributed by atoms with van der Waals surface area (Å²) in [6.07, 6.45) is 1.74. The molecule has 1 aromatic heterocycles. The van der Waals surface area contributed by atoms with Gasteiger partial charge in [-0.1, -0.05) is 17.7 Å². The van der Waals surface area contributed by atoms with Gasteiger partial charge in [-0.3, -0.25) is 0 Å². The number of piperazine rings is 1. The normalized spacial score (nSPS) is 19.0. The molecule has 1 aromatic carbocycles. The molecule has 0 radical (unpaired) electrons. The molecule has 2 aromatic rings. The molecule has 28 heavy (non-hydrogen) atoms. The number of sulfonamides is 1. The fourth-order valence-electron chi connectivity index (χ4n) is 3.51. The number of rotatable bonds is 4. The monoisotopic (exact) mass is 403 g/mol. The van der Waals surface area contributed by atoms with Gasteiger partial charge in [0.1, 0.15) is 0 Å². The van der Waals surface area contributed by atoms with Crippen molar-refractivity contribution in [1.29, 1.82) is 0 Å². The van der Waals surface area contributed by atoms with E-state index in [2.05, 4.69) is 20.0 Å². The largest absolute Gasteiger partial charge is 0.378 e. The maximum absolute atomic E-state index is 12.9. The van der Waals surface area contributed by atoms with Crippen molar-refractivity contribution in [2.24, 2.45) is 0 Å². The van der Waals surface area contributed by atoms with Gasteiger partial charge in [0.25, 0.3) is 0 Å². The summed E-state index contributed by atoms with van der Waals surface area (Å²) in [6, 6.07) is 9.05. The van der Waals surface area contributed by atoms with Gasteiger partial charge in [0.2, 0.25) is 10.0 Å². The van der Waals surface area contributed by atoms with Crippen LogP contribution in [0.25, 0.3) is 0 Å². The zero-order chi connectivity index (χ0) is 19.6. The van der Waals surface area contributed by atoms with E-state index in [4.69, 9.17) is 4.74 Å². The Bertz CT molecular complexity index is 905. The van der Waals surface area contributed by atoms with Crippen LogP contribution in [0.3, 0.4) is 0 Å². The van der Waals surface area contributed by atoms with Crippen molar-refractivity contribution in [3.05, 3.63) is 42.1 Å². The van der Waals surface area contributed by atoms with Crippen molar-refractivity contribution in [3.8, 4) is 0 Å². The minimum atomic E-state index is -3.45. The quantitative estimate of drug-likeness (QED) is 0.757. The average molecular weight is 404 g/mol. The first-order valence-corrected chi connectivity index (χ1v) is 11.0. The van der Waals surface area contributed by atoms with E-state index in [0.29, 0.717) is 44.3 Å². The summed E-state index contributed by atoms with van der Waals surface area (Å²) in [4.78, 5) is 4.68. The van der Waals surface area contributed by atoms with Gasteiger partial charge in [0.15, 0.2) is 5.82 Å². The average Bonchev–Trinajstić information content (AvgIpc) is 2.75. The van der Waals surface area contributed by atoms with E-state index >= 15 is 0 Å². The summed E-state index contributed by atoms with van der Waals surface area (Å²) in [5.41, 5.74) is 2.02. The molecule has 0 amide bonds. The highest BCUT2D eigenvalue weighted by atomic mass is 32.2. The van der Waals surface area contributed by atoms with Crippen molar-refractivity contribution in [1.82, 2.24) is 14.5 Å². The van der Waals surface area contributed by atoms with Crippen LogP contribution >= 0.6 is 0 Å². The number of anilines is 2. The van der Waals surface area contributed by atoms with Crippen LogP contribution in [0.5, 0.6) is 0 Å². The maximum Gasteiger partial charge on any atom is 0.243 e. The Morgan fingerprint density at radius 1 is 0.929 bits per heavy atom. The van der Waals surface area contributed by atoms with Gasteiger partial charge in [0.05, 0.1) is 30.0 Å². The molecule has 2 fully saturated rings.